The van der Waals surface area contributed by atoms with Gasteiger partial charge in [-0.3, -0.25) is 4.79 Å². The molecule has 0 unspecified atom stereocenters. The molecule has 0 aliphatic rings. The van der Waals surface area contributed by atoms with Crippen LogP contribution < -0.4 is 5.32 Å². The average Bonchev–Trinajstić information content (AvgIpc) is 2.42. The fourth-order valence-corrected chi connectivity index (χ4v) is 2.08. The highest BCUT2D eigenvalue weighted by molar-refractivity contribution is 5.76. The summed E-state index contributed by atoms with van der Waals surface area (Å²) < 4.78 is 0. The number of carbonyl (C=O) groups excluding carboxylic acids is 1. The first-order chi connectivity index (χ1) is 9.43. The molecule has 3 heteroatoms. The summed E-state index contributed by atoms with van der Waals surface area (Å²) in [6, 6.07) is 8.30. The minimum atomic E-state index is 0.0439. The van der Waals surface area contributed by atoms with Gasteiger partial charge in [0.1, 0.15) is 0 Å². The van der Waals surface area contributed by atoms with Gasteiger partial charge in [-0.05, 0) is 37.2 Å². The Morgan fingerprint density at radius 2 is 1.90 bits per heavy atom. The van der Waals surface area contributed by atoms with Gasteiger partial charge < -0.3 is 10.4 Å². The minimum Gasteiger partial charge on any atom is -0.396 e. The van der Waals surface area contributed by atoms with E-state index in [0.29, 0.717) is 13.0 Å². The molecular formula is C17H27NO2. The SMILES string of the molecule is Cc1ccc(CCC(=O)NCC(C)(C)CCCO)cc1. The number of aliphatic hydroxyl groups is 1. The largest absolute Gasteiger partial charge is 0.396 e. The highest BCUT2D eigenvalue weighted by atomic mass is 16.2. The molecule has 1 rings (SSSR count). The molecule has 0 radical (unpaired) electrons. The van der Waals surface area contributed by atoms with Crippen LogP contribution in [0.4, 0.5) is 0 Å². The van der Waals surface area contributed by atoms with E-state index in [4.69, 9.17) is 5.11 Å². The number of nitrogens with one attached hydrogen (secondary N) is 1. The Hall–Kier alpha value is -1.35. The Kier molecular flexibility index (Phi) is 6.73. The number of amides is 1. The molecule has 0 saturated heterocycles. The molecule has 2 N–H and O–H groups in total. The maximum Gasteiger partial charge on any atom is 0.220 e. The third kappa shape index (κ3) is 6.71. The summed E-state index contributed by atoms with van der Waals surface area (Å²) in [5, 5.41) is 11.8. The molecule has 1 aromatic rings. The van der Waals surface area contributed by atoms with E-state index < -0.39 is 0 Å². The smallest absolute Gasteiger partial charge is 0.220 e. The van der Waals surface area contributed by atoms with E-state index >= 15 is 0 Å². The van der Waals surface area contributed by atoms with Gasteiger partial charge in [0.05, 0.1) is 0 Å². The Bertz CT molecular complexity index is 410. The van der Waals surface area contributed by atoms with Gasteiger partial charge in [-0.1, -0.05) is 43.7 Å². The Morgan fingerprint density at radius 3 is 2.50 bits per heavy atom. The van der Waals surface area contributed by atoms with Crippen molar-refractivity contribution in [2.75, 3.05) is 13.2 Å². The summed E-state index contributed by atoms with van der Waals surface area (Å²) in [6.07, 6.45) is 3.01. The van der Waals surface area contributed by atoms with Crippen molar-refractivity contribution in [3.05, 3.63) is 35.4 Å². The van der Waals surface area contributed by atoms with Gasteiger partial charge in [-0.2, -0.15) is 0 Å². The molecule has 112 valence electrons. The van der Waals surface area contributed by atoms with Gasteiger partial charge in [-0.25, -0.2) is 0 Å². The van der Waals surface area contributed by atoms with Gasteiger partial charge in [0, 0.05) is 19.6 Å². The minimum absolute atomic E-state index is 0.0439. The van der Waals surface area contributed by atoms with Crippen LogP contribution in [-0.4, -0.2) is 24.2 Å². The van der Waals surface area contributed by atoms with Crippen LogP contribution in [0.5, 0.6) is 0 Å². The van der Waals surface area contributed by atoms with Gasteiger partial charge in [0.25, 0.3) is 0 Å². The van der Waals surface area contributed by atoms with Gasteiger partial charge in [0.15, 0.2) is 0 Å². The molecule has 0 fully saturated rings. The quantitative estimate of drug-likeness (QED) is 0.767. The molecule has 0 aromatic heterocycles. The lowest BCUT2D eigenvalue weighted by atomic mass is 9.88. The summed E-state index contributed by atoms with van der Waals surface area (Å²) in [5.41, 5.74) is 2.48. The van der Waals surface area contributed by atoms with Crippen molar-refractivity contribution >= 4 is 5.91 Å². The van der Waals surface area contributed by atoms with Crippen LogP contribution in [0.15, 0.2) is 24.3 Å². The molecule has 1 aromatic carbocycles. The van der Waals surface area contributed by atoms with E-state index in [1.807, 2.05) is 0 Å². The molecule has 0 spiro atoms. The van der Waals surface area contributed by atoms with E-state index in [1.165, 1.54) is 11.1 Å². The van der Waals surface area contributed by atoms with Crippen molar-refractivity contribution in [1.82, 2.24) is 5.32 Å². The fraction of sp³-hybridized carbons (Fsp3) is 0.588. The summed E-state index contributed by atoms with van der Waals surface area (Å²) in [6.45, 7) is 7.17. The third-order valence-electron chi connectivity index (χ3n) is 3.54. The van der Waals surface area contributed by atoms with Crippen molar-refractivity contribution in [3.63, 3.8) is 0 Å². The van der Waals surface area contributed by atoms with Crippen molar-refractivity contribution < 1.29 is 9.90 Å². The number of hydrogen-bond donors (Lipinski definition) is 2. The van der Waals surface area contributed by atoms with Crippen LogP contribution in [0, 0.1) is 12.3 Å². The van der Waals surface area contributed by atoms with E-state index in [9.17, 15) is 4.79 Å². The zero-order chi connectivity index (χ0) is 15.0. The van der Waals surface area contributed by atoms with Gasteiger partial charge in [-0.15, -0.1) is 0 Å². The fourth-order valence-electron chi connectivity index (χ4n) is 2.08. The molecular weight excluding hydrogens is 250 g/mol. The van der Waals surface area contributed by atoms with Crippen molar-refractivity contribution in [2.24, 2.45) is 5.41 Å². The molecule has 0 heterocycles. The first-order valence-corrected chi connectivity index (χ1v) is 7.36. The van der Waals surface area contributed by atoms with Crippen LogP contribution in [0.2, 0.25) is 0 Å². The number of hydrogen-bond acceptors (Lipinski definition) is 2. The second kappa shape index (κ2) is 8.05. The average molecular weight is 277 g/mol. The van der Waals surface area contributed by atoms with Crippen LogP contribution in [0.25, 0.3) is 0 Å². The molecule has 20 heavy (non-hydrogen) atoms. The predicted octanol–water partition coefficient (Wildman–Crippen LogP) is 2.84. The summed E-state index contributed by atoms with van der Waals surface area (Å²) in [7, 11) is 0. The summed E-state index contributed by atoms with van der Waals surface area (Å²) in [5.74, 6) is 0.0997. The molecule has 3 nitrogen and oxygen atoms in total. The lowest BCUT2D eigenvalue weighted by Crippen LogP contribution is -2.34. The van der Waals surface area contributed by atoms with Crippen LogP contribution in [-0.2, 0) is 11.2 Å². The number of carbonyl (C=O) groups is 1. The van der Waals surface area contributed by atoms with E-state index in [0.717, 1.165) is 19.3 Å². The first kappa shape index (κ1) is 16.7. The number of benzene rings is 1. The molecule has 0 bridgehead atoms. The second-order valence-electron chi connectivity index (χ2n) is 6.25. The second-order valence-corrected chi connectivity index (χ2v) is 6.25. The zero-order valence-corrected chi connectivity index (χ0v) is 12.9. The van der Waals surface area contributed by atoms with Crippen molar-refractivity contribution in [3.8, 4) is 0 Å². The Morgan fingerprint density at radius 1 is 1.25 bits per heavy atom. The van der Waals surface area contributed by atoms with Crippen LogP contribution in [0.3, 0.4) is 0 Å². The normalized spacial score (nSPS) is 11.4. The van der Waals surface area contributed by atoms with E-state index in [2.05, 4.69) is 50.4 Å². The summed E-state index contributed by atoms with van der Waals surface area (Å²) >= 11 is 0. The molecule has 0 saturated carbocycles. The monoisotopic (exact) mass is 277 g/mol. The Labute approximate surface area is 122 Å². The molecule has 0 aliphatic carbocycles. The van der Waals surface area contributed by atoms with Gasteiger partial charge >= 0.3 is 0 Å². The molecule has 0 atom stereocenters. The maximum absolute atomic E-state index is 11.8. The lowest BCUT2D eigenvalue weighted by Gasteiger charge is -2.24. The number of aliphatic hydroxyl groups excluding tert-OH is 1. The predicted molar refractivity (Wildman–Crippen MR) is 82.6 cm³/mol. The van der Waals surface area contributed by atoms with Crippen molar-refractivity contribution in [2.45, 2.75) is 46.5 Å². The van der Waals surface area contributed by atoms with Crippen LogP contribution >= 0.6 is 0 Å². The summed E-state index contributed by atoms with van der Waals surface area (Å²) in [4.78, 5) is 11.8. The lowest BCUT2D eigenvalue weighted by molar-refractivity contribution is -0.121. The third-order valence-corrected chi connectivity index (χ3v) is 3.54. The number of aryl methyl sites for hydroxylation is 2. The zero-order valence-electron chi connectivity index (χ0n) is 12.9. The molecule has 0 aliphatic heterocycles. The standard InChI is InChI=1S/C17H27NO2/c1-14-5-7-15(8-6-14)9-10-16(20)18-13-17(2,3)11-4-12-19/h5-8,19H,4,9-13H2,1-3H3,(H,18,20). The topological polar surface area (TPSA) is 49.3 Å². The first-order valence-electron chi connectivity index (χ1n) is 7.36. The Balaban J connectivity index is 2.28. The molecule has 1 amide bonds. The van der Waals surface area contributed by atoms with Crippen LogP contribution in [0.1, 0.15) is 44.2 Å². The number of rotatable bonds is 8. The highest BCUT2D eigenvalue weighted by Crippen LogP contribution is 2.20. The van der Waals surface area contributed by atoms with Crippen molar-refractivity contribution in [1.29, 1.82) is 0 Å². The highest BCUT2D eigenvalue weighted by Gasteiger charge is 2.18. The maximum atomic E-state index is 11.8. The van der Waals surface area contributed by atoms with E-state index in [-0.39, 0.29) is 17.9 Å². The van der Waals surface area contributed by atoms with Gasteiger partial charge in [0.2, 0.25) is 5.91 Å². The van der Waals surface area contributed by atoms with E-state index in [1.54, 1.807) is 0 Å².